The molecule has 0 aliphatic carbocycles. The van der Waals surface area contributed by atoms with E-state index < -0.39 is 19.8 Å². The molecule has 0 aliphatic heterocycles. The smallest absolute Gasteiger partial charge is 0.233 e. The molecule has 0 spiro atoms. The molecule has 0 saturated heterocycles. The highest BCUT2D eigenvalue weighted by Gasteiger charge is 2.41. The fourth-order valence-electron chi connectivity index (χ4n) is 4.69. The van der Waals surface area contributed by atoms with E-state index in [1.54, 1.807) is 6.33 Å². The predicted octanol–water partition coefficient (Wildman–Crippen LogP) is 6.92. The number of benzene rings is 3. The van der Waals surface area contributed by atoms with Gasteiger partial charge < -0.3 is 0 Å². The maximum Gasteiger partial charge on any atom is 0.692 e. The van der Waals surface area contributed by atoms with Crippen LogP contribution in [0.5, 0.6) is 0 Å². The second kappa shape index (κ2) is 13.1. The highest BCUT2D eigenvalue weighted by atomic mass is 31.1. The zero-order valence-corrected chi connectivity index (χ0v) is 22.6. The molecular weight excluding hydrogens is 499 g/mol. The molecule has 0 amide bonds. The van der Waals surface area contributed by atoms with Gasteiger partial charge in [-0.3, -0.25) is 0 Å². The molecule has 10 heteroatoms. The van der Waals surface area contributed by atoms with E-state index in [-0.39, 0.29) is 5.41 Å². The Morgan fingerprint density at radius 1 is 0.895 bits per heavy atom. The summed E-state index contributed by atoms with van der Waals surface area (Å²) < 4.78 is 10.6. The lowest BCUT2D eigenvalue weighted by atomic mass is 9.77. The van der Waals surface area contributed by atoms with Gasteiger partial charge in [-0.25, -0.2) is 9.67 Å². The monoisotopic (exact) mass is 531 g/mol. The van der Waals surface area contributed by atoms with Crippen molar-refractivity contribution in [1.29, 1.82) is 0 Å². The SMILES string of the molecule is CCC(C)(CC)C(N=[N+]=[N-])c1ncn(C(c2ccccc2)(c2ccccc2)c2ccccc2)n1.O=[P+](O)O. The second-order valence-electron chi connectivity index (χ2n) is 9.08. The maximum absolute atomic E-state index is 9.35. The Labute approximate surface area is 223 Å². The minimum absolute atomic E-state index is 0.243. The zero-order valence-electron chi connectivity index (χ0n) is 21.7. The molecule has 0 bridgehead atoms. The third-order valence-corrected chi connectivity index (χ3v) is 7.12. The molecule has 9 nitrogen and oxygen atoms in total. The van der Waals surface area contributed by atoms with Crippen molar-refractivity contribution in [2.24, 2.45) is 10.5 Å². The summed E-state index contributed by atoms with van der Waals surface area (Å²) in [6.07, 6.45) is 3.47. The largest absolute Gasteiger partial charge is 0.692 e. The summed E-state index contributed by atoms with van der Waals surface area (Å²) in [5.74, 6) is 0.538. The van der Waals surface area contributed by atoms with E-state index in [0.29, 0.717) is 5.82 Å². The summed E-state index contributed by atoms with van der Waals surface area (Å²) in [5, 5.41) is 9.20. The van der Waals surface area contributed by atoms with Gasteiger partial charge in [0.05, 0.1) is 0 Å². The number of hydrogen-bond acceptors (Lipinski definition) is 4. The van der Waals surface area contributed by atoms with Crippen molar-refractivity contribution in [3.05, 3.63) is 130 Å². The van der Waals surface area contributed by atoms with E-state index in [9.17, 15) is 5.53 Å². The molecule has 0 saturated carbocycles. The molecule has 4 aromatic rings. The van der Waals surface area contributed by atoms with Crippen molar-refractivity contribution in [3.8, 4) is 0 Å². The first kappa shape index (κ1) is 28.7. The van der Waals surface area contributed by atoms with E-state index in [0.717, 1.165) is 29.5 Å². The Balaban J connectivity index is 0.000000934. The van der Waals surface area contributed by atoms with Gasteiger partial charge in [-0.1, -0.05) is 117 Å². The van der Waals surface area contributed by atoms with Gasteiger partial charge in [0.1, 0.15) is 17.9 Å². The topological polar surface area (TPSA) is 137 Å². The van der Waals surface area contributed by atoms with Crippen LogP contribution in [0.3, 0.4) is 0 Å². The fourth-order valence-corrected chi connectivity index (χ4v) is 4.69. The quantitative estimate of drug-likeness (QED) is 0.0793. The van der Waals surface area contributed by atoms with Crippen LogP contribution in [0.15, 0.2) is 102 Å². The average molecular weight is 532 g/mol. The summed E-state index contributed by atoms with van der Waals surface area (Å²) in [7, 11) is -2.87. The highest BCUT2D eigenvalue weighted by Crippen LogP contribution is 2.43. The van der Waals surface area contributed by atoms with Gasteiger partial charge in [-0.05, 0) is 40.5 Å². The number of nitrogens with zero attached hydrogens (tertiary/aromatic N) is 6. The van der Waals surface area contributed by atoms with Gasteiger partial charge in [0, 0.05) is 9.48 Å². The second-order valence-corrected chi connectivity index (χ2v) is 9.58. The molecule has 1 atom stereocenters. The summed E-state index contributed by atoms with van der Waals surface area (Å²) in [6, 6.07) is 30.6. The molecule has 4 rings (SSSR count). The van der Waals surface area contributed by atoms with Gasteiger partial charge in [0.15, 0.2) is 5.82 Å². The lowest BCUT2D eigenvalue weighted by Crippen LogP contribution is -2.38. The Morgan fingerprint density at radius 2 is 1.29 bits per heavy atom. The molecule has 1 heterocycles. The van der Waals surface area contributed by atoms with Crippen molar-refractivity contribution in [2.75, 3.05) is 0 Å². The minimum Gasteiger partial charge on any atom is -0.233 e. The molecule has 38 heavy (non-hydrogen) atoms. The first-order valence-electron chi connectivity index (χ1n) is 12.3. The number of azide groups is 1. The van der Waals surface area contributed by atoms with Gasteiger partial charge in [0.2, 0.25) is 0 Å². The van der Waals surface area contributed by atoms with Gasteiger partial charge >= 0.3 is 8.25 Å². The van der Waals surface area contributed by atoms with Crippen LogP contribution in [0.25, 0.3) is 10.4 Å². The Kier molecular flexibility index (Phi) is 9.88. The molecule has 0 radical (unpaired) electrons. The molecule has 3 aromatic carbocycles. The van der Waals surface area contributed by atoms with Crippen molar-refractivity contribution < 1.29 is 14.4 Å². The summed E-state index contributed by atoms with van der Waals surface area (Å²) in [5.41, 5.74) is 11.6. The number of rotatable bonds is 9. The van der Waals surface area contributed by atoms with E-state index in [4.69, 9.17) is 24.4 Å². The third-order valence-electron chi connectivity index (χ3n) is 7.12. The molecule has 1 aromatic heterocycles. The minimum atomic E-state index is -2.87. The Bertz CT molecular complexity index is 1250. The maximum atomic E-state index is 9.35. The predicted molar refractivity (Wildman–Crippen MR) is 147 cm³/mol. The van der Waals surface area contributed by atoms with Gasteiger partial charge in [-0.15, -0.1) is 9.79 Å². The first-order valence-corrected chi connectivity index (χ1v) is 13.5. The average Bonchev–Trinajstić information content (AvgIpc) is 3.43. The van der Waals surface area contributed by atoms with Crippen LogP contribution in [0.2, 0.25) is 0 Å². The van der Waals surface area contributed by atoms with E-state index >= 15 is 0 Å². The van der Waals surface area contributed by atoms with Crippen LogP contribution in [0.4, 0.5) is 0 Å². The summed E-state index contributed by atoms with van der Waals surface area (Å²) in [6.45, 7) is 6.36. The highest BCUT2D eigenvalue weighted by molar-refractivity contribution is 7.30. The molecule has 0 aliphatic rings. The van der Waals surface area contributed by atoms with Crippen molar-refractivity contribution in [2.45, 2.75) is 45.2 Å². The molecule has 1 unspecified atom stereocenters. The van der Waals surface area contributed by atoms with Crippen LogP contribution < -0.4 is 0 Å². The van der Waals surface area contributed by atoms with Crippen molar-refractivity contribution in [1.82, 2.24) is 14.8 Å². The van der Waals surface area contributed by atoms with Gasteiger partial charge in [-0.2, -0.15) is 5.10 Å². The van der Waals surface area contributed by atoms with Crippen molar-refractivity contribution >= 4 is 8.25 Å². The molecule has 0 fully saturated rings. The normalized spacial score (nSPS) is 12.0. The van der Waals surface area contributed by atoms with Crippen LogP contribution in [0, 0.1) is 5.41 Å². The lowest BCUT2D eigenvalue weighted by Gasteiger charge is -2.36. The molecular formula is C28H32N6O3P+. The van der Waals surface area contributed by atoms with E-state index in [1.165, 1.54) is 0 Å². The summed E-state index contributed by atoms with van der Waals surface area (Å²) >= 11 is 0. The van der Waals surface area contributed by atoms with Crippen molar-refractivity contribution in [3.63, 3.8) is 0 Å². The first-order chi connectivity index (χ1) is 18.3. The fraction of sp³-hybridized carbons (Fsp3) is 0.286. The molecule has 196 valence electrons. The number of aromatic nitrogens is 3. The van der Waals surface area contributed by atoms with Crippen LogP contribution in [0.1, 0.15) is 62.2 Å². The van der Waals surface area contributed by atoms with Gasteiger partial charge in [0.25, 0.3) is 0 Å². The van der Waals surface area contributed by atoms with Crippen LogP contribution in [-0.4, -0.2) is 24.6 Å². The summed E-state index contributed by atoms with van der Waals surface area (Å²) in [4.78, 5) is 22.1. The van der Waals surface area contributed by atoms with E-state index in [2.05, 4.69) is 67.2 Å². The Morgan fingerprint density at radius 3 is 1.63 bits per heavy atom. The zero-order chi connectivity index (χ0) is 27.6. The van der Waals surface area contributed by atoms with Crippen LogP contribution in [-0.2, 0) is 10.1 Å². The third kappa shape index (κ3) is 5.98. The lowest BCUT2D eigenvalue weighted by molar-refractivity contribution is 0.225. The van der Waals surface area contributed by atoms with Crippen LogP contribution >= 0.6 is 8.25 Å². The standard InChI is InChI=1S/C28H30N6.HO3P/c1-4-27(3,5-2)25(31-33-29)26-30-21-34(32-26)28(22-15-9-6-10-16-22,23-17-11-7-12-18-23)24-19-13-8-14-20-24;1-4(2)3/h6-21,25H,4-5H2,1-3H3;(H-,1,2,3)/p+1. The Hall–Kier alpha value is -3.87. The van der Waals surface area contributed by atoms with E-state index in [1.807, 2.05) is 59.3 Å². The molecule has 2 N–H and O–H groups in total. The number of hydrogen-bond donors (Lipinski definition) is 2.